The van der Waals surface area contributed by atoms with Crippen LogP contribution in [0.5, 0.6) is 0 Å². The van der Waals surface area contributed by atoms with Crippen molar-refractivity contribution >= 4 is 28.6 Å². The Morgan fingerprint density at radius 1 is 1.28 bits per heavy atom. The monoisotopic (exact) mass is 341 g/mol. The van der Waals surface area contributed by atoms with Crippen molar-refractivity contribution in [1.29, 1.82) is 0 Å². The fourth-order valence-corrected chi connectivity index (χ4v) is 3.20. The fraction of sp³-hybridized carbons (Fsp3) is 0.421. The Morgan fingerprint density at radius 3 is 2.76 bits per heavy atom. The van der Waals surface area contributed by atoms with Gasteiger partial charge in [-0.1, -0.05) is 6.07 Å². The number of aryl methyl sites for hydroxylation is 1. The smallest absolute Gasteiger partial charge is 0.321 e. The molecule has 2 heterocycles. The third kappa shape index (κ3) is 3.73. The standard InChI is InChI=1S/C19H23N3O3/c1-3-25-18(23)14-8-11-22(12-9-14)19(24)21-16-7-6-13(2)17-15(16)5-4-10-20-17/h4-7,10,14H,3,8-9,11-12H2,1-2H3,(H,21,24). The molecular formula is C19H23N3O3. The molecule has 132 valence electrons. The lowest BCUT2D eigenvalue weighted by Crippen LogP contribution is -2.42. The minimum atomic E-state index is -0.154. The molecule has 0 radical (unpaired) electrons. The number of nitrogens with zero attached hydrogens (tertiary/aromatic N) is 2. The number of fused-ring (bicyclic) bond motifs is 1. The summed E-state index contributed by atoms with van der Waals surface area (Å²) in [4.78, 5) is 30.5. The fourth-order valence-electron chi connectivity index (χ4n) is 3.20. The molecule has 0 atom stereocenters. The molecule has 0 bridgehead atoms. The van der Waals surface area contributed by atoms with Crippen molar-refractivity contribution in [3.63, 3.8) is 0 Å². The molecule has 0 saturated carbocycles. The van der Waals surface area contributed by atoms with Crippen LogP contribution in [-0.2, 0) is 9.53 Å². The van der Waals surface area contributed by atoms with Crippen molar-refractivity contribution in [1.82, 2.24) is 9.88 Å². The van der Waals surface area contributed by atoms with Crippen LogP contribution < -0.4 is 5.32 Å². The number of anilines is 1. The van der Waals surface area contributed by atoms with Gasteiger partial charge in [-0.05, 0) is 50.5 Å². The molecule has 2 amide bonds. The summed E-state index contributed by atoms with van der Waals surface area (Å²) >= 11 is 0. The van der Waals surface area contributed by atoms with Crippen molar-refractivity contribution in [2.45, 2.75) is 26.7 Å². The van der Waals surface area contributed by atoms with E-state index < -0.39 is 0 Å². The van der Waals surface area contributed by atoms with E-state index in [4.69, 9.17) is 4.74 Å². The largest absolute Gasteiger partial charge is 0.466 e. The number of hydrogen-bond acceptors (Lipinski definition) is 4. The quantitative estimate of drug-likeness (QED) is 0.869. The van der Waals surface area contributed by atoms with Gasteiger partial charge in [0.15, 0.2) is 0 Å². The zero-order chi connectivity index (χ0) is 17.8. The summed E-state index contributed by atoms with van der Waals surface area (Å²) in [5, 5.41) is 3.91. The molecule has 1 aliphatic rings. The van der Waals surface area contributed by atoms with Gasteiger partial charge >= 0.3 is 12.0 Å². The average molecular weight is 341 g/mol. The van der Waals surface area contributed by atoms with Crippen LogP contribution in [-0.4, -0.2) is 41.6 Å². The molecule has 0 aliphatic carbocycles. The number of likely N-dealkylation sites (tertiary alicyclic amines) is 1. The summed E-state index contributed by atoms with van der Waals surface area (Å²) in [6.07, 6.45) is 3.03. The topological polar surface area (TPSA) is 71.5 Å². The number of amides is 2. The highest BCUT2D eigenvalue weighted by molar-refractivity contribution is 6.01. The van der Waals surface area contributed by atoms with Gasteiger partial charge in [0.25, 0.3) is 0 Å². The van der Waals surface area contributed by atoms with Crippen LogP contribution >= 0.6 is 0 Å². The van der Waals surface area contributed by atoms with Gasteiger partial charge < -0.3 is 15.0 Å². The van der Waals surface area contributed by atoms with E-state index in [-0.39, 0.29) is 17.9 Å². The van der Waals surface area contributed by atoms with Crippen molar-refractivity contribution in [2.75, 3.05) is 25.0 Å². The van der Waals surface area contributed by atoms with Gasteiger partial charge in [0.1, 0.15) is 0 Å². The van der Waals surface area contributed by atoms with Crippen molar-refractivity contribution in [2.24, 2.45) is 5.92 Å². The third-order valence-corrected chi connectivity index (χ3v) is 4.62. The van der Waals surface area contributed by atoms with E-state index in [9.17, 15) is 9.59 Å². The lowest BCUT2D eigenvalue weighted by molar-refractivity contribution is -0.149. The molecule has 1 aliphatic heterocycles. The number of benzene rings is 1. The summed E-state index contributed by atoms with van der Waals surface area (Å²) < 4.78 is 5.07. The summed E-state index contributed by atoms with van der Waals surface area (Å²) in [6, 6.07) is 7.54. The summed E-state index contributed by atoms with van der Waals surface area (Å²) in [7, 11) is 0. The normalized spacial score (nSPS) is 15.2. The lowest BCUT2D eigenvalue weighted by atomic mass is 9.97. The number of aromatic nitrogens is 1. The van der Waals surface area contributed by atoms with Crippen LogP contribution in [0.1, 0.15) is 25.3 Å². The van der Waals surface area contributed by atoms with Gasteiger partial charge in [-0.3, -0.25) is 9.78 Å². The van der Waals surface area contributed by atoms with E-state index in [1.807, 2.05) is 31.2 Å². The van der Waals surface area contributed by atoms with E-state index in [1.54, 1.807) is 18.0 Å². The van der Waals surface area contributed by atoms with E-state index in [0.29, 0.717) is 32.5 Å². The second-order valence-corrected chi connectivity index (χ2v) is 6.27. The highest BCUT2D eigenvalue weighted by atomic mass is 16.5. The second-order valence-electron chi connectivity index (χ2n) is 6.27. The molecule has 1 aromatic heterocycles. The zero-order valence-corrected chi connectivity index (χ0v) is 14.6. The van der Waals surface area contributed by atoms with Crippen LogP contribution in [0.15, 0.2) is 30.5 Å². The molecule has 6 nitrogen and oxygen atoms in total. The van der Waals surface area contributed by atoms with E-state index in [2.05, 4.69) is 10.3 Å². The third-order valence-electron chi connectivity index (χ3n) is 4.62. The van der Waals surface area contributed by atoms with Crippen molar-refractivity contribution < 1.29 is 14.3 Å². The zero-order valence-electron chi connectivity index (χ0n) is 14.6. The van der Waals surface area contributed by atoms with Gasteiger partial charge in [0.2, 0.25) is 0 Å². The van der Waals surface area contributed by atoms with Gasteiger partial charge in [-0.15, -0.1) is 0 Å². The van der Waals surface area contributed by atoms with E-state index in [0.717, 1.165) is 22.2 Å². The predicted molar refractivity (Wildman–Crippen MR) is 96.4 cm³/mol. The van der Waals surface area contributed by atoms with E-state index >= 15 is 0 Å². The number of rotatable bonds is 3. The Kier molecular flexibility index (Phi) is 5.16. The number of pyridine rings is 1. The molecular weight excluding hydrogens is 318 g/mol. The number of ether oxygens (including phenoxy) is 1. The van der Waals surface area contributed by atoms with Gasteiger partial charge in [0, 0.05) is 24.7 Å². The molecule has 3 rings (SSSR count). The summed E-state index contributed by atoms with van der Waals surface area (Å²) in [5.41, 5.74) is 2.72. The van der Waals surface area contributed by atoms with Crippen LogP contribution in [0.3, 0.4) is 0 Å². The number of esters is 1. The van der Waals surface area contributed by atoms with Crippen molar-refractivity contribution in [3.05, 3.63) is 36.0 Å². The molecule has 1 N–H and O–H groups in total. The second kappa shape index (κ2) is 7.51. The average Bonchev–Trinajstić information content (AvgIpc) is 2.64. The lowest BCUT2D eigenvalue weighted by Gasteiger charge is -2.31. The molecule has 6 heteroatoms. The maximum atomic E-state index is 12.6. The van der Waals surface area contributed by atoms with Gasteiger partial charge in [0.05, 0.1) is 23.7 Å². The first-order valence-corrected chi connectivity index (χ1v) is 8.67. The Balaban J connectivity index is 1.66. The first-order valence-electron chi connectivity index (χ1n) is 8.67. The van der Waals surface area contributed by atoms with Crippen LogP contribution in [0.4, 0.5) is 10.5 Å². The molecule has 1 saturated heterocycles. The van der Waals surface area contributed by atoms with Gasteiger partial charge in [-0.2, -0.15) is 0 Å². The Hall–Kier alpha value is -2.63. The molecule has 2 aromatic rings. The van der Waals surface area contributed by atoms with Gasteiger partial charge in [-0.25, -0.2) is 4.79 Å². The summed E-state index contributed by atoms with van der Waals surface area (Å²) in [5.74, 6) is -0.258. The Labute approximate surface area is 147 Å². The Morgan fingerprint density at radius 2 is 2.04 bits per heavy atom. The first kappa shape index (κ1) is 17.2. The maximum absolute atomic E-state index is 12.6. The minimum Gasteiger partial charge on any atom is -0.466 e. The maximum Gasteiger partial charge on any atom is 0.321 e. The SMILES string of the molecule is CCOC(=O)C1CCN(C(=O)Nc2ccc(C)c3ncccc23)CC1. The number of carbonyl (C=O) groups is 2. The molecule has 0 spiro atoms. The van der Waals surface area contributed by atoms with E-state index in [1.165, 1.54) is 0 Å². The van der Waals surface area contributed by atoms with Crippen LogP contribution in [0, 0.1) is 12.8 Å². The number of hydrogen-bond donors (Lipinski definition) is 1. The van der Waals surface area contributed by atoms with Crippen LogP contribution in [0.25, 0.3) is 10.9 Å². The number of carbonyl (C=O) groups excluding carboxylic acids is 2. The first-order chi connectivity index (χ1) is 12.1. The number of urea groups is 1. The summed E-state index contributed by atoms with van der Waals surface area (Å²) in [6.45, 7) is 5.31. The highest BCUT2D eigenvalue weighted by Gasteiger charge is 2.28. The number of nitrogens with one attached hydrogen (secondary N) is 1. The Bertz CT molecular complexity index is 783. The van der Waals surface area contributed by atoms with Crippen LogP contribution in [0.2, 0.25) is 0 Å². The number of piperidine rings is 1. The molecule has 0 unspecified atom stereocenters. The molecule has 1 aromatic carbocycles. The molecule has 1 fully saturated rings. The highest BCUT2D eigenvalue weighted by Crippen LogP contribution is 2.25. The van der Waals surface area contributed by atoms with Crippen molar-refractivity contribution in [3.8, 4) is 0 Å². The minimum absolute atomic E-state index is 0.103. The predicted octanol–water partition coefficient (Wildman–Crippen LogP) is 3.35. The molecule has 25 heavy (non-hydrogen) atoms.